The van der Waals surface area contributed by atoms with E-state index in [1.54, 1.807) is 101 Å². The lowest BCUT2D eigenvalue weighted by Gasteiger charge is -2.12. The Balaban J connectivity index is 0.984. The van der Waals surface area contributed by atoms with Gasteiger partial charge < -0.3 is 19.9 Å². The van der Waals surface area contributed by atoms with Gasteiger partial charge in [0.25, 0.3) is 40.5 Å². The van der Waals surface area contributed by atoms with E-state index in [9.17, 15) is 57.0 Å². The molecule has 0 aromatic heterocycles. The van der Waals surface area contributed by atoms with Crippen molar-refractivity contribution in [3.8, 4) is 17.2 Å². The third-order valence-corrected chi connectivity index (χ3v) is 14.9. The molecule has 0 radical (unpaired) electrons. The number of methoxy groups -OCH3 is 2. The summed E-state index contributed by atoms with van der Waals surface area (Å²) in [6.07, 6.45) is 0. The molecule has 0 amide bonds. The van der Waals surface area contributed by atoms with Crippen LogP contribution in [0.2, 0.25) is 0 Å². The fourth-order valence-corrected chi connectivity index (χ4v) is 10.2. The minimum atomic E-state index is -5.15. The van der Waals surface area contributed by atoms with Gasteiger partial charge in [0.1, 0.15) is 43.2 Å². The number of nitrogens with one attached hydrogen (secondary N) is 1. The van der Waals surface area contributed by atoms with Gasteiger partial charge >= 0.3 is 0 Å². The van der Waals surface area contributed by atoms with Crippen molar-refractivity contribution in [1.29, 1.82) is 0 Å². The topological polar surface area (TPSA) is 367 Å². The van der Waals surface area contributed by atoms with E-state index in [0.29, 0.717) is 68.7 Å². The Morgan fingerprint density at radius 2 is 0.935 bits per heavy atom. The highest BCUT2D eigenvalue weighted by molar-refractivity contribution is 7.87. The van der Waals surface area contributed by atoms with Gasteiger partial charge in [-0.3, -0.25) is 18.2 Å². The minimum absolute atomic E-state index is 0.140. The van der Waals surface area contributed by atoms with E-state index in [1.165, 1.54) is 31.4 Å². The monoisotopic (exact) mass is 1120 g/mol. The van der Waals surface area contributed by atoms with Gasteiger partial charge in [0.05, 0.1) is 47.6 Å². The van der Waals surface area contributed by atoms with Crippen molar-refractivity contribution in [3.05, 3.63) is 138 Å². The van der Waals surface area contributed by atoms with Gasteiger partial charge in [-0.25, -0.2) is 0 Å². The maximum absolute atomic E-state index is 12.6. The molecule has 0 atom stereocenters. The van der Waals surface area contributed by atoms with Crippen LogP contribution in [0, 0.1) is 20.8 Å². The fourth-order valence-electron chi connectivity index (χ4n) is 7.60. The lowest BCUT2D eigenvalue weighted by Crippen LogP contribution is -2.05. The van der Waals surface area contributed by atoms with Gasteiger partial charge in [-0.1, -0.05) is 0 Å². The van der Waals surface area contributed by atoms with E-state index in [0.717, 1.165) is 12.1 Å². The van der Waals surface area contributed by atoms with Crippen LogP contribution >= 0.6 is 0 Å². The summed E-state index contributed by atoms with van der Waals surface area (Å²) in [5.41, 5.74) is 3.90. The smallest absolute Gasteiger partial charge is 0.296 e. The van der Waals surface area contributed by atoms with Crippen LogP contribution in [-0.2, 0) is 40.5 Å². The molecule has 0 unspecified atom stereocenters. The molecule has 0 aliphatic rings. The number of anilines is 2. The molecule has 0 bridgehead atoms. The molecule has 8 aromatic carbocycles. The largest absolute Gasteiger partial charge is 0.505 e. The molecule has 0 saturated heterocycles. The number of hydrogen-bond acceptors (Lipinski definition) is 20. The predicted molar refractivity (Wildman–Crippen MR) is 282 cm³/mol. The molecule has 0 saturated carbocycles. The van der Waals surface area contributed by atoms with Gasteiger partial charge in [-0.2, -0.15) is 59.2 Å². The number of nitrogens with zero attached hydrogens (tertiary/aromatic N) is 8. The maximum Gasteiger partial charge on any atom is 0.296 e. The lowest BCUT2D eigenvalue weighted by molar-refractivity contribution is 0.415. The number of aromatic hydroxyl groups is 1. The molecule has 77 heavy (non-hydrogen) atoms. The summed E-state index contributed by atoms with van der Waals surface area (Å²) in [6, 6.07) is 28.6. The quantitative estimate of drug-likeness (QED) is 0.0387. The number of azo groups is 4. The molecule has 0 heterocycles. The summed E-state index contributed by atoms with van der Waals surface area (Å²) < 4.78 is 148. The van der Waals surface area contributed by atoms with Crippen molar-refractivity contribution in [2.75, 3.05) is 19.5 Å². The maximum atomic E-state index is 12.6. The van der Waals surface area contributed by atoms with Crippen LogP contribution in [0.25, 0.3) is 21.5 Å². The first-order chi connectivity index (χ1) is 36.2. The zero-order valence-corrected chi connectivity index (χ0v) is 43.8. The van der Waals surface area contributed by atoms with Crippen LogP contribution in [0.3, 0.4) is 0 Å². The first-order valence-corrected chi connectivity index (χ1v) is 27.8. The Hall–Kier alpha value is -8.48. The summed E-state index contributed by atoms with van der Waals surface area (Å²) in [5, 5.41) is 47.8. The van der Waals surface area contributed by atoms with Crippen molar-refractivity contribution in [2.24, 2.45) is 40.9 Å². The fraction of sp³-hybridized carbons (Fsp3) is 0.102. The zero-order valence-electron chi connectivity index (χ0n) is 40.6. The van der Waals surface area contributed by atoms with Gasteiger partial charge in [0.2, 0.25) is 0 Å². The number of fused-ring (bicyclic) bond motifs is 2. The molecule has 0 spiro atoms. The second-order valence-electron chi connectivity index (χ2n) is 16.8. The third kappa shape index (κ3) is 12.5. The minimum Gasteiger partial charge on any atom is -0.505 e. The third-order valence-electron chi connectivity index (χ3n) is 11.5. The molecule has 8 aromatic rings. The Bertz CT molecular complexity index is 4330. The summed E-state index contributed by atoms with van der Waals surface area (Å²) in [4.78, 5) is -3.54. The molecule has 0 aliphatic carbocycles. The van der Waals surface area contributed by atoms with Crippen LogP contribution in [0.4, 0.5) is 56.9 Å². The summed E-state index contributed by atoms with van der Waals surface area (Å²) in [7, 11) is -17.3. The van der Waals surface area contributed by atoms with Crippen LogP contribution in [-0.4, -0.2) is 71.2 Å². The predicted octanol–water partition coefficient (Wildman–Crippen LogP) is 13.0. The highest BCUT2D eigenvalue weighted by Gasteiger charge is 2.26. The number of aryl methyl sites for hydroxylation is 3. The molecule has 24 nitrogen and oxygen atoms in total. The number of phenols is 1. The summed E-state index contributed by atoms with van der Waals surface area (Å²) in [5.74, 6) is 0.289. The highest BCUT2D eigenvalue weighted by atomic mass is 32.2. The van der Waals surface area contributed by atoms with Crippen molar-refractivity contribution in [1.82, 2.24) is 0 Å². The number of ether oxygens (including phenoxy) is 2. The number of phenolic OH excluding ortho intramolecular Hbond substituents is 1. The van der Waals surface area contributed by atoms with Gasteiger partial charge in [-0.15, -0.1) is 15.3 Å². The van der Waals surface area contributed by atoms with Crippen LogP contribution in [0.5, 0.6) is 17.2 Å². The van der Waals surface area contributed by atoms with Gasteiger partial charge in [-0.05, 0) is 163 Å². The first kappa shape index (κ1) is 54.8. The normalized spacial score (nSPS) is 12.7. The molecular formula is C49H41N9O15S4. The molecule has 6 N–H and O–H groups in total. The van der Waals surface area contributed by atoms with Crippen molar-refractivity contribution >= 4 is 119 Å². The Morgan fingerprint density at radius 3 is 1.49 bits per heavy atom. The van der Waals surface area contributed by atoms with Crippen molar-refractivity contribution in [3.63, 3.8) is 0 Å². The van der Waals surface area contributed by atoms with E-state index in [1.807, 2.05) is 0 Å². The van der Waals surface area contributed by atoms with E-state index < -0.39 is 88.0 Å². The molecule has 8 rings (SSSR count). The summed E-state index contributed by atoms with van der Waals surface area (Å²) in [6.45, 7) is 5.12. The Labute approximate surface area is 439 Å². The lowest BCUT2D eigenvalue weighted by atomic mass is 10.1. The van der Waals surface area contributed by atoms with E-state index in [2.05, 4.69) is 46.2 Å². The second kappa shape index (κ2) is 21.3. The molecule has 0 fully saturated rings. The number of benzene rings is 8. The molecule has 28 heteroatoms. The Kier molecular flexibility index (Phi) is 15.1. The number of rotatable bonds is 16. The summed E-state index contributed by atoms with van der Waals surface area (Å²) >= 11 is 0. The van der Waals surface area contributed by atoms with Gasteiger partial charge in [0, 0.05) is 28.2 Å². The average Bonchev–Trinajstić information content (AvgIpc) is 3.37. The van der Waals surface area contributed by atoms with Crippen LogP contribution < -0.4 is 14.8 Å². The van der Waals surface area contributed by atoms with E-state index >= 15 is 0 Å². The first-order valence-electron chi connectivity index (χ1n) is 22.0. The number of hydrogen-bond donors (Lipinski definition) is 6. The van der Waals surface area contributed by atoms with Gasteiger partial charge in [0.15, 0.2) is 5.75 Å². The van der Waals surface area contributed by atoms with Crippen molar-refractivity contribution < 1.29 is 66.5 Å². The average molecular weight is 1120 g/mol. The standard InChI is InChI=1S/C49H41N9O15S4/c1-26-16-34(9-14-39(26)53-51-33-10-15-40(27(2)17-33)54-57-43-24-38-30(21-46(43)76(66,67)68)20-36(74(60,61)62)23-45(38)75(63,64)65)52-55-41-25-44(73-5)42(18-28(41)3)56-58-48-47(77(69,70)71)22-29-19-32(8-13-37(29)49(48)59)50-31-6-11-35(72-4)12-7-31/h6-25,50,59H,1-5H3,(H,60,61,62)(H,63,64,65)(H,66,67,68)(H,69,70,71). The van der Waals surface area contributed by atoms with Crippen molar-refractivity contribution in [2.45, 2.75) is 40.4 Å². The van der Waals surface area contributed by atoms with Crippen LogP contribution in [0.15, 0.2) is 182 Å². The zero-order chi connectivity index (χ0) is 55.8. The van der Waals surface area contributed by atoms with E-state index in [-0.39, 0.29) is 27.9 Å². The van der Waals surface area contributed by atoms with Crippen LogP contribution in [0.1, 0.15) is 16.7 Å². The van der Waals surface area contributed by atoms with E-state index in [4.69, 9.17) is 9.47 Å². The molecule has 396 valence electrons. The SMILES string of the molecule is COc1ccc(Nc2ccc3c(O)c(N=Nc4cc(C)c(N=Nc5ccc(N=Nc6ccc(N=Nc7cc8c(S(=O)(=O)O)cc(S(=O)(=O)O)cc8cc7S(=O)(=O)O)c(C)c6)c(C)c5)cc4OC)c(S(=O)(=O)O)cc3c2)cc1. The molecular weight excluding hydrogens is 1080 g/mol. The highest BCUT2D eigenvalue weighted by Crippen LogP contribution is 2.44. The molecule has 0 aliphatic heterocycles. The Morgan fingerprint density at radius 1 is 0.416 bits per heavy atom. The second-order valence-corrected chi connectivity index (χ2v) is 22.4.